The topological polar surface area (TPSA) is 86.8 Å². The number of carbonyl (C=O) groups excluding carboxylic acids is 2. The highest BCUT2D eigenvalue weighted by atomic mass is 19.1. The molecule has 0 spiro atoms. The molecule has 1 aliphatic heterocycles. The zero-order chi connectivity index (χ0) is 22.9. The number of aliphatic imine (C=N–C) groups is 1. The fourth-order valence-corrected chi connectivity index (χ4v) is 3.67. The van der Waals surface area contributed by atoms with Crippen LogP contribution >= 0.6 is 0 Å². The van der Waals surface area contributed by atoms with Crippen molar-refractivity contribution in [3.05, 3.63) is 58.7 Å². The Morgan fingerprint density at radius 3 is 2.78 bits per heavy atom. The van der Waals surface area contributed by atoms with Crippen LogP contribution < -0.4 is 5.32 Å². The number of nitrogens with zero attached hydrogens (tertiary/aromatic N) is 2. The van der Waals surface area contributed by atoms with Gasteiger partial charge in [0.25, 0.3) is 11.8 Å². The lowest BCUT2D eigenvalue weighted by atomic mass is 10.1. The Hall–Kier alpha value is -3.00. The second-order valence-electron chi connectivity index (χ2n) is 7.84. The average Bonchev–Trinajstić information content (AvgIpc) is 3.18. The number of aromatic amines is 1. The van der Waals surface area contributed by atoms with E-state index in [4.69, 9.17) is 4.74 Å². The van der Waals surface area contributed by atoms with Crippen LogP contribution in [0.2, 0.25) is 0 Å². The minimum absolute atomic E-state index is 0.0711. The Morgan fingerprint density at radius 2 is 2.06 bits per heavy atom. The lowest BCUT2D eigenvalue weighted by Crippen LogP contribution is -2.41. The number of hydrogen-bond acceptors (Lipinski definition) is 4. The Morgan fingerprint density at radius 1 is 1.31 bits per heavy atom. The number of ether oxygens (including phenoxy) is 1. The van der Waals surface area contributed by atoms with Crippen LogP contribution in [0.5, 0.6) is 0 Å². The summed E-state index contributed by atoms with van der Waals surface area (Å²) >= 11 is 0. The van der Waals surface area contributed by atoms with Gasteiger partial charge in [0.05, 0.1) is 11.7 Å². The normalized spacial score (nSPS) is 14.8. The van der Waals surface area contributed by atoms with Gasteiger partial charge >= 0.3 is 0 Å². The highest BCUT2D eigenvalue weighted by Gasteiger charge is 2.25. The van der Waals surface area contributed by atoms with E-state index in [1.807, 2.05) is 13.8 Å². The molecular weight excluding hydrogens is 411 g/mol. The Bertz CT molecular complexity index is 948. The quantitative estimate of drug-likeness (QED) is 0.461. The molecular formula is C24H31FN4O3. The fraction of sp³-hybridized carbons (Fsp3) is 0.458. The first-order valence-corrected chi connectivity index (χ1v) is 11.1. The summed E-state index contributed by atoms with van der Waals surface area (Å²) in [5, 5.41) is 2.90. The number of piperidine rings is 1. The van der Waals surface area contributed by atoms with E-state index in [2.05, 4.69) is 15.3 Å². The molecule has 2 aromatic rings. The van der Waals surface area contributed by atoms with Crippen LogP contribution in [0.4, 0.5) is 4.39 Å². The smallest absolute Gasteiger partial charge is 0.267 e. The van der Waals surface area contributed by atoms with E-state index in [-0.39, 0.29) is 23.5 Å². The molecule has 1 aromatic carbocycles. The molecule has 1 aromatic heterocycles. The highest BCUT2D eigenvalue weighted by Crippen LogP contribution is 2.18. The van der Waals surface area contributed by atoms with Crippen molar-refractivity contribution in [2.24, 2.45) is 4.99 Å². The molecule has 2 amide bonds. The standard InChI is InChI=1S/C24H31FN4O3/c1-3-26-16-18-15-22(28-17(18)2)23(30)27-11-6-14-32-19-9-12-29(13-10-19)24(31)20-7-4-5-8-21(20)25/h4-5,7-8,15-16,19,28H,3,6,9-14H2,1-2H3,(H,27,30). The maximum absolute atomic E-state index is 13.8. The molecule has 2 heterocycles. The number of carbonyl (C=O) groups is 2. The highest BCUT2D eigenvalue weighted by molar-refractivity contribution is 5.95. The number of nitrogens with one attached hydrogen (secondary N) is 2. The van der Waals surface area contributed by atoms with Gasteiger partial charge in [-0.15, -0.1) is 0 Å². The minimum atomic E-state index is -0.488. The Balaban J connectivity index is 1.33. The van der Waals surface area contributed by atoms with Crippen LogP contribution in [0, 0.1) is 12.7 Å². The van der Waals surface area contributed by atoms with Gasteiger partial charge < -0.3 is 19.9 Å². The van der Waals surface area contributed by atoms with Crippen molar-refractivity contribution in [2.45, 2.75) is 39.2 Å². The zero-order valence-electron chi connectivity index (χ0n) is 18.7. The van der Waals surface area contributed by atoms with Gasteiger partial charge in [0, 0.05) is 50.3 Å². The molecule has 0 saturated carbocycles. The van der Waals surface area contributed by atoms with Crippen molar-refractivity contribution in [3.63, 3.8) is 0 Å². The molecule has 172 valence electrons. The number of halogens is 1. The maximum Gasteiger partial charge on any atom is 0.267 e. The molecule has 0 radical (unpaired) electrons. The average molecular weight is 443 g/mol. The van der Waals surface area contributed by atoms with E-state index >= 15 is 0 Å². The van der Waals surface area contributed by atoms with Crippen LogP contribution in [0.15, 0.2) is 35.3 Å². The first-order valence-electron chi connectivity index (χ1n) is 11.1. The largest absolute Gasteiger partial charge is 0.378 e. The Labute approximate surface area is 188 Å². The van der Waals surface area contributed by atoms with Gasteiger partial charge in [-0.2, -0.15) is 0 Å². The van der Waals surface area contributed by atoms with Crippen molar-refractivity contribution in [1.82, 2.24) is 15.2 Å². The number of likely N-dealkylation sites (tertiary alicyclic amines) is 1. The number of rotatable bonds is 9. The van der Waals surface area contributed by atoms with Gasteiger partial charge in [-0.05, 0) is 51.3 Å². The lowest BCUT2D eigenvalue weighted by molar-refractivity contribution is 0.00791. The first-order chi connectivity index (χ1) is 15.5. The molecule has 0 aliphatic carbocycles. The van der Waals surface area contributed by atoms with E-state index in [9.17, 15) is 14.0 Å². The Kier molecular flexibility index (Phi) is 8.56. The number of H-pyrrole nitrogens is 1. The van der Waals surface area contributed by atoms with Gasteiger partial charge in [0.15, 0.2) is 0 Å². The molecule has 1 fully saturated rings. The van der Waals surface area contributed by atoms with Gasteiger partial charge in [0.2, 0.25) is 0 Å². The van der Waals surface area contributed by atoms with Crippen LogP contribution in [-0.2, 0) is 4.74 Å². The van der Waals surface area contributed by atoms with Crippen molar-refractivity contribution >= 4 is 18.0 Å². The van der Waals surface area contributed by atoms with Crippen LogP contribution in [0.3, 0.4) is 0 Å². The summed E-state index contributed by atoms with van der Waals surface area (Å²) in [5.74, 6) is -0.908. The molecule has 2 N–H and O–H groups in total. The molecule has 1 saturated heterocycles. The van der Waals surface area contributed by atoms with E-state index in [0.717, 1.165) is 24.1 Å². The molecule has 32 heavy (non-hydrogen) atoms. The molecule has 0 unspecified atom stereocenters. The number of hydrogen-bond donors (Lipinski definition) is 2. The van der Waals surface area contributed by atoms with Gasteiger partial charge in [-0.3, -0.25) is 14.6 Å². The molecule has 0 atom stereocenters. The summed E-state index contributed by atoms with van der Waals surface area (Å²) in [6.45, 7) is 6.71. The van der Waals surface area contributed by atoms with Crippen molar-refractivity contribution in [3.8, 4) is 0 Å². The van der Waals surface area contributed by atoms with Crippen LogP contribution in [-0.4, -0.2) is 66.8 Å². The monoisotopic (exact) mass is 442 g/mol. The molecule has 7 nitrogen and oxygen atoms in total. The number of amides is 2. The summed E-state index contributed by atoms with van der Waals surface area (Å²) < 4.78 is 19.7. The molecule has 1 aliphatic rings. The molecule has 8 heteroatoms. The van der Waals surface area contributed by atoms with Crippen molar-refractivity contribution in [2.75, 3.05) is 32.8 Å². The van der Waals surface area contributed by atoms with Gasteiger partial charge in [0.1, 0.15) is 11.5 Å². The third-order valence-electron chi connectivity index (χ3n) is 5.51. The van der Waals surface area contributed by atoms with Crippen molar-refractivity contribution in [1.29, 1.82) is 0 Å². The third-order valence-corrected chi connectivity index (χ3v) is 5.51. The second kappa shape index (κ2) is 11.6. The number of aryl methyl sites for hydroxylation is 1. The minimum Gasteiger partial charge on any atom is -0.378 e. The van der Waals surface area contributed by atoms with E-state index < -0.39 is 5.82 Å². The summed E-state index contributed by atoms with van der Waals surface area (Å²) in [4.78, 5) is 33.7. The zero-order valence-corrected chi connectivity index (χ0v) is 18.7. The number of aromatic nitrogens is 1. The molecule has 3 rings (SSSR count). The summed E-state index contributed by atoms with van der Waals surface area (Å²) in [5.41, 5.74) is 2.47. The number of benzene rings is 1. The molecule has 0 bridgehead atoms. The van der Waals surface area contributed by atoms with Gasteiger partial charge in [-0.1, -0.05) is 12.1 Å². The van der Waals surface area contributed by atoms with Crippen molar-refractivity contribution < 1.29 is 18.7 Å². The van der Waals surface area contributed by atoms with Gasteiger partial charge in [-0.25, -0.2) is 4.39 Å². The summed E-state index contributed by atoms with van der Waals surface area (Å²) in [7, 11) is 0. The lowest BCUT2D eigenvalue weighted by Gasteiger charge is -2.32. The second-order valence-corrected chi connectivity index (χ2v) is 7.84. The fourth-order valence-electron chi connectivity index (χ4n) is 3.67. The van der Waals surface area contributed by atoms with E-state index in [1.54, 1.807) is 29.3 Å². The van der Waals surface area contributed by atoms with Crippen LogP contribution in [0.1, 0.15) is 58.3 Å². The summed E-state index contributed by atoms with van der Waals surface area (Å²) in [6.07, 6.45) is 3.98. The summed E-state index contributed by atoms with van der Waals surface area (Å²) in [6, 6.07) is 7.87. The predicted octanol–water partition coefficient (Wildman–Crippen LogP) is 3.34. The maximum atomic E-state index is 13.8. The van der Waals surface area contributed by atoms with E-state index in [0.29, 0.717) is 44.9 Å². The SMILES string of the molecule is CCN=Cc1cc(C(=O)NCCCOC2CCN(C(=O)c3ccccc3F)CC2)[nH]c1C. The van der Waals surface area contributed by atoms with Crippen LogP contribution in [0.25, 0.3) is 0 Å². The predicted molar refractivity (Wildman–Crippen MR) is 122 cm³/mol. The first kappa shape index (κ1) is 23.7. The third kappa shape index (κ3) is 6.26. The van der Waals surface area contributed by atoms with E-state index in [1.165, 1.54) is 12.1 Å².